The Hall–Kier alpha value is -1.02. The van der Waals surface area contributed by atoms with Crippen LogP contribution in [0.5, 0.6) is 5.75 Å². The van der Waals surface area contributed by atoms with Gasteiger partial charge in [-0.15, -0.1) is 0 Å². The molecule has 0 atom stereocenters. The van der Waals surface area contributed by atoms with E-state index in [-0.39, 0.29) is 0 Å². The minimum atomic E-state index is 0.679. The van der Waals surface area contributed by atoms with Crippen LogP contribution < -0.4 is 4.74 Å². The van der Waals surface area contributed by atoms with Crippen LogP contribution in [0, 0.1) is 5.92 Å². The Kier molecular flexibility index (Phi) is 3.27. The molecule has 1 saturated heterocycles. The van der Waals surface area contributed by atoms with Gasteiger partial charge in [-0.3, -0.25) is 0 Å². The maximum Gasteiger partial charge on any atom is 0.119 e. The number of likely N-dealkylation sites (tertiary alicyclic amines) is 1. The summed E-state index contributed by atoms with van der Waals surface area (Å²) in [4.78, 5) is 2.47. The number of ether oxygens (including phenoxy) is 1. The van der Waals surface area contributed by atoms with Gasteiger partial charge < -0.3 is 9.64 Å². The number of rotatable bonds is 4. The van der Waals surface area contributed by atoms with Gasteiger partial charge in [0.2, 0.25) is 0 Å². The summed E-state index contributed by atoms with van der Waals surface area (Å²) in [5.41, 5.74) is 0. The van der Waals surface area contributed by atoms with E-state index in [1.807, 2.05) is 30.3 Å². The van der Waals surface area contributed by atoms with Crippen molar-refractivity contribution in [2.45, 2.75) is 19.9 Å². The van der Waals surface area contributed by atoms with Crippen LogP contribution in [0.25, 0.3) is 0 Å². The van der Waals surface area contributed by atoms with Crippen LogP contribution in [0.2, 0.25) is 0 Å². The summed E-state index contributed by atoms with van der Waals surface area (Å²) in [5, 5.41) is 0. The Bertz CT molecular complexity index is 291. The van der Waals surface area contributed by atoms with Crippen LogP contribution in [0.15, 0.2) is 30.3 Å². The second-order valence-corrected chi connectivity index (χ2v) is 4.54. The van der Waals surface area contributed by atoms with Crippen molar-refractivity contribution < 1.29 is 4.74 Å². The van der Waals surface area contributed by atoms with Crippen LogP contribution in [0.3, 0.4) is 0 Å². The molecular weight excluding hydrogens is 186 g/mol. The third-order valence-corrected chi connectivity index (χ3v) is 2.94. The van der Waals surface area contributed by atoms with E-state index in [9.17, 15) is 0 Å². The maximum absolute atomic E-state index is 5.71. The van der Waals surface area contributed by atoms with E-state index in [2.05, 4.69) is 18.7 Å². The normalized spacial score (nSPS) is 17.8. The lowest BCUT2D eigenvalue weighted by Crippen LogP contribution is -2.52. The SMILES string of the molecule is CC(C)N1CC(COc2ccccc2)C1. The summed E-state index contributed by atoms with van der Waals surface area (Å²) in [5.74, 6) is 1.70. The molecule has 2 rings (SSSR count). The van der Waals surface area contributed by atoms with E-state index in [4.69, 9.17) is 4.74 Å². The Balaban J connectivity index is 1.69. The van der Waals surface area contributed by atoms with Gasteiger partial charge >= 0.3 is 0 Å². The molecule has 0 saturated carbocycles. The minimum absolute atomic E-state index is 0.679. The largest absolute Gasteiger partial charge is 0.493 e. The summed E-state index contributed by atoms with van der Waals surface area (Å²) in [6, 6.07) is 10.7. The van der Waals surface area contributed by atoms with E-state index in [1.54, 1.807) is 0 Å². The molecule has 2 nitrogen and oxygen atoms in total. The minimum Gasteiger partial charge on any atom is -0.493 e. The van der Waals surface area contributed by atoms with E-state index < -0.39 is 0 Å². The van der Waals surface area contributed by atoms with Crippen molar-refractivity contribution in [3.63, 3.8) is 0 Å². The molecule has 2 heteroatoms. The molecule has 0 unspecified atom stereocenters. The monoisotopic (exact) mass is 205 g/mol. The number of hydrogen-bond donors (Lipinski definition) is 0. The lowest BCUT2D eigenvalue weighted by Gasteiger charge is -2.41. The van der Waals surface area contributed by atoms with Crippen LogP contribution in [-0.2, 0) is 0 Å². The van der Waals surface area contributed by atoms with Crippen molar-refractivity contribution in [3.8, 4) is 5.75 Å². The Morgan fingerprint density at radius 1 is 1.27 bits per heavy atom. The van der Waals surface area contributed by atoms with E-state index in [0.717, 1.165) is 12.4 Å². The molecule has 1 aliphatic rings. The smallest absolute Gasteiger partial charge is 0.119 e. The van der Waals surface area contributed by atoms with Crippen molar-refractivity contribution in [1.82, 2.24) is 4.90 Å². The zero-order valence-electron chi connectivity index (χ0n) is 9.52. The number of nitrogens with zero attached hydrogens (tertiary/aromatic N) is 1. The predicted octanol–water partition coefficient (Wildman–Crippen LogP) is 2.41. The quantitative estimate of drug-likeness (QED) is 0.748. The second kappa shape index (κ2) is 4.67. The molecule has 0 aliphatic carbocycles. The highest BCUT2D eigenvalue weighted by atomic mass is 16.5. The summed E-state index contributed by atoms with van der Waals surface area (Å²) >= 11 is 0. The molecule has 0 bridgehead atoms. The fourth-order valence-corrected chi connectivity index (χ4v) is 1.87. The van der Waals surface area contributed by atoms with E-state index >= 15 is 0 Å². The molecule has 82 valence electrons. The fourth-order valence-electron chi connectivity index (χ4n) is 1.87. The predicted molar refractivity (Wildman–Crippen MR) is 62.1 cm³/mol. The van der Waals surface area contributed by atoms with Gasteiger partial charge in [0.05, 0.1) is 6.61 Å². The maximum atomic E-state index is 5.71. The van der Waals surface area contributed by atoms with Crippen molar-refractivity contribution in [1.29, 1.82) is 0 Å². The Labute approximate surface area is 91.9 Å². The third-order valence-electron chi connectivity index (χ3n) is 2.94. The Morgan fingerprint density at radius 2 is 1.93 bits per heavy atom. The van der Waals surface area contributed by atoms with E-state index in [1.165, 1.54) is 13.1 Å². The van der Waals surface area contributed by atoms with Gasteiger partial charge in [-0.05, 0) is 26.0 Å². The molecule has 1 heterocycles. The summed E-state index contributed by atoms with van der Waals surface area (Å²) in [7, 11) is 0. The van der Waals surface area contributed by atoms with Crippen molar-refractivity contribution in [2.24, 2.45) is 5.92 Å². The molecule has 0 radical (unpaired) electrons. The molecule has 0 spiro atoms. The first kappa shape index (κ1) is 10.5. The Morgan fingerprint density at radius 3 is 2.53 bits per heavy atom. The van der Waals surface area contributed by atoms with Crippen molar-refractivity contribution in [2.75, 3.05) is 19.7 Å². The van der Waals surface area contributed by atoms with E-state index in [0.29, 0.717) is 12.0 Å². The summed E-state index contributed by atoms with van der Waals surface area (Å²) in [6.07, 6.45) is 0. The average Bonchev–Trinajstić information content (AvgIpc) is 2.16. The van der Waals surface area contributed by atoms with Gasteiger partial charge in [-0.2, -0.15) is 0 Å². The molecule has 1 aliphatic heterocycles. The number of para-hydroxylation sites is 1. The number of hydrogen-bond acceptors (Lipinski definition) is 2. The molecule has 15 heavy (non-hydrogen) atoms. The van der Waals surface area contributed by atoms with Crippen LogP contribution in [0.1, 0.15) is 13.8 Å². The highest BCUT2D eigenvalue weighted by Gasteiger charge is 2.28. The van der Waals surface area contributed by atoms with Gasteiger partial charge in [0, 0.05) is 25.0 Å². The van der Waals surface area contributed by atoms with Gasteiger partial charge in [-0.25, -0.2) is 0 Å². The van der Waals surface area contributed by atoms with Crippen molar-refractivity contribution in [3.05, 3.63) is 30.3 Å². The molecule has 1 fully saturated rings. The van der Waals surface area contributed by atoms with Gasteiger partial charge in [0.15, 0.2) is 0 Å². The average molecular weight is 205 g/mol. The first-order chi connectivity index (χ1) is 7.25. The van der Waals surface area contributed by atoms with Crippen molar-refractivity contribution >= 4 is 0 Å². The number of benzene rings is 1. The van der Waals surface area contributed by atoms with Crippen LogP contribution in [0.4, 0.5) is 0 Å². The van der Waals surface area contributed by atoms with Gasteiger partial charge in [-0.1, -0.05) is 18.2 Å². The molecule has 0 amide bonds. The molecule has 1 aromatic carbocycles. The highest BCUT2D eigenvalue weighted by molar-refractivity contribution is 5.20. The lowest BCUT2D eigenvalue weighted by molar-refractivity contribution is 0.0375. The third kappa shape index (κ3) is 2.72. The summed E-state index contributed by atoms with van der Waals surface area (Å²) < 4.78 is 5.71. The summed E-state index contributed by atoms with van der Waals surface area (Å²) in [6.45, 7) is 7.71. The van der Waals surface area contributed by atoms with Crippen LogP contribution in [-0.4, -0.2) is 30.6 Å². The molecular formula is C13H19NO. The molecule has 0 N–H and O–H groups in total. The first-order valence-electron chi connectivity index (χ1n) is 5.67. The molecule has 0 aromatic heterocycles. The lowest BCUT2D eigenvalue weighted by atomic mass is 9.99. The zero-order chi connectivity index (χ0) is 10.7. The fraction of sp³-hybridized carbons (Fsp3) is 0.538. The van der Waals surface area contributed by atoms with Gasteiger partial charge in [0.25, 0.3) is 0 Å². The first-order valence-corrected chi connectivity index (χ1v) is 5.67. The second-order valence-electron chi connectivity index (χ2n) is 4.54. The molecule has 1 aromatic rings. The zero-order valence-corrected chi connectivity index (χ0v) is 9.52. The van der Waals surface area contributed by atoms with Gasteiger partial charge in [0.1, 0.15) is 5.75 Å². The standard InChI is InChI=1S/C13H19NO/c1-11(2)14-8-12(9-14)10-15-13-6-4-3-5-7-13/h3-7,11-12H,8-10H2,1-2H3. The topological polar surface area (TPSA) is 12.5 Å². The highest BCUT2D eigenvalue weighted by Crippen LogP contribution is 2.19. The van der Waals surface area contributed by atoms with Crippen LogP contribution >= 0.6 is 0 Å².